The molecule has 23 heavy (non-hydrogen) atoms. The van der Waals surface area contributed by atoms with Crippen molar-refractivity contribution in [2.24, 2.45) is 7.05 Å². The van der Waals surface area contributed by atoms with Gasteiger partial charge in [0.2, 0.25) is 0 Å². The maximum atomic E-state index is 12.1. The van der Waals surface area contributed by atoms with Gasteiger partial charge in [0.05, 0.1) is 12.3 Å². The molecular weight excluding hydrogens is 320 g/mol. The van der Waals surface area contributed by atoms with E-state index in [0.29, 0.717) is 23.6 Å². The lowest BCUT2D eigenvalue weighted by atomic mass is 10.1. The summed E-state index contributed by atoms with van der Waals surface area (Å²) >= 11 is 5.99. The number of carbonyl (C=O) groups excluding carboxylic acids is 2. The number of benzene rings is 1. The maximum Gasteiger partial charge on any atom is 0.343 e. The molecule has 0 aliphatic carbocycles. The van der Waals surface area contributed by atoms with Crippen LogP contribution < -0.4 is 4.74 Å². The van der Waals surface area contributed by atoms with Crippen molar-refractivity contribution in [3.63, 3.8) is 0 Å². The highest BCUT2D eigenvalue weighted by Gasteiger charge is 2.21. The Morgan fingerprint density at radius 1 is 1.26 bits per heavy atom. The van der Waals surface area contributed by atoms with E-state index in [4.69, 9.17) is 21.1 Å². The molecule has 0 aliphatic rings. The van der Waals surface area contributed by atoms with Crippen LogP contribution in [0.15, 0.2) is 24.3 Å². The molecule has 0 atom stereocenters. The van der Waals surface area contributed by atoms with E-state index in [1.807, 2.05) is 6.92 Å². The zero-order valence-electron chi connectivity index (χ0n) is 13.1. The zero-order chi connectivity index (χ0) is 17.0. The fourth-order valence-electron chi connectivity index (χ4n) is 2.05. The summed E-state index contributed by atoms with van der Waals surface area (Å²) in [6.45, 7) is 3.72. The SMILES string of the molecule is CCOc1ccc(C(=O)COC(=O)c2c(C)nn(C)c2Cl)cc1. The molecule has 0 unspecified atom stereocenters. The van der Waals surface area contributed by atoms with Gasteiger partial charge in [-0.05, 0) is 38.1 Å². The molecular formula is C16H17ClN2O4. The Balaban J connectivity index is 1.99. The molecule has 0 saturated heterocycles. The molecule has 122 valence electrons. The van der Waals surface area contributed by atoms with Gasteiger partial charge in [-0.3, -0.25) is 9.48 Å². The van der Waals surface area contributed by atoms with Gasteiger partial charge in [0.1, 0.15) is 16.5 Å². The normalized spacial score (nSPS) is 10.4. The van der Waals surface area contributed by atoms with Crippen LogP contribution in [0.1, 0.15) is 33.3 Å². The summed E-state index contributed by atoms with van der Waals surface area (Å²) in [5.74, 6) is -0.294. The first-order valence-electron chi connectivity index (χ1n) is 7.06. The number of Topliss-reactive ketones (excluding diaryl/α,β-unsaturated/α-hetero) is 1. The first-order valence-corrected chi connectivity index (χ1v) is 7.44. The Kier molecular flexibility index (Phi) is 5.39. The molecule has 7 heteroatoms. The second-order valence-electron chi connectivity index (χ2n) is 4.83. The van der Waals surface area contributed by atoms with E-state index in [1.54, 1.807) is 38.2 Å². The van der Waals surface area contributed by atoms with Gasteiger partial charge in [0.25, 0.3) is 0 Å². The van der Waals surface area contributed by atoms with Crippen LogP contribution in [0.5, 0.6) is 5.75 Å². The zero-order valence-corrected chi connectivity index (χ0v) is 13.9. The standard InChI is InChI=1S/C16H17ClN2O4/c1-4-22-12-7-5-11(6-8-12)13(20)9-23-16(21)14-10(2)18-19(3)15(14)17/h5-8H,4,9H2,1-3H3. The van der Waals surface area contributed by atoms with Crippen LogP contribution in [-0.4, -0.2) is 34.7 Å². The fourth-order valence-corrected chi connectivity index (χ4v) is 2.30. The minimum atomic E-state index is -0.667. The molecule has 0 amide bonds. The predicted molar refractivity (Wildman–Crippen MR) is 85.2 cm³/mol. The van der Waals surface area contributed by atoms with Crippen LogP contribution in [0.3, 0.4) is 0 Å². The number of aromatic nitrogens is 2. The van der Waals surface area contributed by atoms with Crippen molar-refractivity contribution in [3.8, 4) is 5.75 Å². The monoisotopic (exact) mass is 336 g/mol. The molecule has 6 nitrogen and oxygen atoms in total. The minimum Gasteiger partial charge on any atom is -0.494 e. The predicted octanol–water partition coefficient (Wildman–Crippen LogP) is 2.82. The van der Waals surface area contributed by atoms with Crippen molar-refractivity contribution in [1.29, 1.82) is 0 Å². The smallest absolute Gasteiger partial charge is 0.343 e. The number of carbonyl (C=O) groups is 2. The minimum absolute atomic E-state index is 0.175. The Morgan fingerprint density at radius 3 is 2.43 bits per heavy atom. The lowest BCUT2D eigenvalue weighted by Crippen LogP contribution is -2.15. The van der Waals surface area contributed by atoms with Crippen molar-refractivity contribution in [1.82, 2.24) is 9.78 Å². The number of hydrogen-bond donors (Lipinski definition) is 0. The first-order chi connectivity index (χ1) is 10.9. The summed E-state index contributed by atoms with van der Waals surface area (Å²) in [6.07, 6.45) is 0. The van der Waals surface area contributed by atoms with E-state index < -0.39 is 5.97 Å². The fraction of sp³-hybridized carbons (Fsp3) is 0.312. The van der Waals surface area contributed by atoms with E-state index in [1.165, 1.54) is 4.68 Å². The van der Waals surface area contributed by atoms with Crippen LogP contribution in [0, 0.1) is 6.92 Å². The van der Waals surface area contributed by atoms with Gasteiger partial charge in [-0.15, -0.1) is 0 Å². The summed E-state index contributed by atoms with van der Waals surface area (Å²) in [7, 11) is 1.62. The van der Waals surface area contributed by atoms with Gasteiger partial charge >= 0.3 is 5.97 Å². The molecule has 0 N–H and O–H groups in total. The van der Waals surface area contributed by atoms with Crippen molar-refractivity contribution in [3.05, 3.63) is 46.2 Å². The van der Waals surface area contributed by atoms with Crippen molar-refractivity contribution < 1.29 is 19.1 Å². The van der Waals surface area contributed by atoms with E-state index in [-0.39, 0.29) is 23.1 Å². The van der Waals surface area contributed by atoms with Gasteiger partial charge in [-0.25, -0.2) is 4.79 Å². The van der Waals surface area contributed by atoms with Crippen molar-refractivity contribution in [2.75, 3.05) is 13.2 Å². The molecule has 2 aromatic rings. The van der Waals surface area contributed by atoms with E-state index in [9.17, 15) is 9.59 Å². The largest absolute Gasteiger partial charge is 0.494 e. The van der Waals surface area contributed by atoms with Crippen LogP contribution in [0.2, 0.25) is 5.15 Å². The van der Waals surface area contributed by atoms with Gasteiger partial charge in [0, 0.05) is 12.6 Å². The van der Waals surface area contributed by atoms with Crippen LogP contribution in [0.4, 0.5) is 0 Å². The number of aryl methyl sites for hydroxylation is 2. The molecule has 0 spiro atoms. The lowest BCUT2D eigenvalue weighted by Gasteiger charge is -2.06. The molecule has 0 fully saturated rings. The highest BCUT2D eigenvalue weighted by molar-refractivity contribution is 6.32. The highest BCUT2D eigenvalue weighted by atomic mass is 35.5. The van der Waals surface area contributed by atoms with E-state index in [0.717, 1.165) is 0 Å². The summed E-state index contributed by atoms with van der Waals surface area (Å²) in [5, 5.41) is 4.21. The van der Waals surface area contributed by atoms with Crippen LogP contribution in [-0.2, 0) is 11.8 Å². The van der Waals surface area contributed by atoms with Gasteiger partial charge in [0.15, 0.2) is 12.4 Å². The van der Waals surface area contributed by atoms with Crippen LogP contribution >= 0.6 is 11.6 Å². The molecule has 1 aromatic carbocycles. The Hall–Kier alpha value is -2.34. The number of hydrogen-bond acceptors (Lipinski definition) is 5. The third-order valence-electron chi connectivity index (χ3n) is 3.18. The van der Waals surface area contributed by atoms with Gasteiger partial charge in [-0.2, -0.15) is 5.10 Å². The highest BCUT2D eigenvalue weighted by Crippen LogP contribution is 2.19. The summed E-state index contributed by atoms with van der Waals surface area (Å²) < 4.78 is 11.7. The topological polar surface area (TPSA) is 70.4 Å². The molecule has 1 aromatic heterocycles. The average molecular weight is 337 g/mol. The molecule has 0 aliphatic heterocycles. The third-order valence-corrected chi connectivity index (χ3v) is 3.61. The summed E-state index contributed by atoms with van der Waals surface area (Å²) in [4.78, 5) is 24.1. The number of ether oxygens (including phenoxy) is 2. The van der Waals surface area contributed by atoms with E-state index in [2.05, 4.69) is 5.10 Å². The molecule has 0 radical (unpaired) electrons. The quantitative estimate of drug-likeness (QED) is 0.599. The lowest BCUT2D eigenvalue weighted by molar-refractivity contribution is 0.0474. The number of rotatable bonds is 6. The Morgan fingerprint density at radius 2 is 1.91 bits per heavy atom. The van der Waals surface area contributed by atoms with Crippen molar-refractivity contribution >= 4 is 23.4 Å². The number of nitrogens with zero attached hydrogens (tertiary/aromatic N) is 2. The second kappa shape index (κ2) is 7.28. The van der Waals surface area contributed by atoms with Crippen molar-refractivity contribution in [2.45, 2.75) is 13.8 Å². The van der Waals surface area contributed by atoms with E-state index >= 15 is 0 Å². The third kappa shape index (κ3) is 3.90. The summed E-state index contributed by atoms with van der Waals surface area (Å²) in [6, 6.07) is 6.65. The Labute approximate surface area is 139 Å². The molecule has 0 saturated carbocycles. The molecule has 0 bridgehead atoms. The number of ketones is 1. The number of esters is 1. The summed E-state index contributed by atoms with van der Waals surface area (Å²) in [5.41, 5.74) is 1.07. The molecule has 2 rings (SSSR count). The van der Waals surface area contributed by atoms with Gasteiger partial charge in [-0.1, -0.05) is 11.6 Å². The van der Waals surface area contributed by atoms with Crippen LogP contribution in [0.25, 0.3) is 0 Å². The molecule has 1 heterocycles. The average Bonchev–Trinajstić information content (AvgIpc) is 2.78. The number of halogens is 1. The second-order valence-corrected chi connectivity index (χ2v) is 5.19. The first kappa shape index (κ1) is 17.0. The van der Waals surface area contributed by atoms with Gasteiger partial charge < -0.3 is 9.47 Å². The Bertz CT molecular complexity index is 722. The maximum absolute atomic E-state index is 12.1.